The van der Waals surface area contributed by atoms with Gasteiger partial charge in [0.2, 0.25) is 5.78 Å². The Hall–Kier alpha value is -3.66. The Morgan fingerprint density at radius 2 is 1.86 bits per heavy atom. The van der Waals surface area contributed by atoms with Crippen molar-refractivity contribution < 1.29 is 54.1 Å². The number of methoxy groups -OCH3 is 1. The molecule has 3 aliphatic rings. The number of carbonyl (C=O) groups excluding carboxylic acids is 3. The van der Waals surface area contributed by atoms with E-state index in [-0.39, 0.29) is 34.4 Å². The molecule has 13 nitrogen and oxygen atoms in total. The minimum absolute atomic E-state index is 0.0366. The van der Waals surface area contributed by atoms with Crippen LogP contribution in [0.1, 0.15) is 75.8 Å². The van der Waals surface area contributed by atoms with Gasteiger partial charge >= 0.3 is 0 Å². The lowest BCUT2D eigenvalue weighted by molar-refractivity contribution is -0.248. The summed E-state index contributed by atoms with van der Waals surface area (Å²) in [6.45, 7) is 2.98. The zero-order chi connectivity index (χ0) is 32.1. The lowest BCUT2D eigenvalue weighted by Gasteiger charge is -2.43. The van der Waals surface area contributed by atoms with Crippen molar-refractivity contribution in [3.05, 3.63) is 51.6 Å². The highest BCUT2D eigenvalue weighted by molar-refractivity contribution is 7.80. The molecule has 1 heterocycles. The van der Waals surface area contributed by atoms with E-state index in [1.165, 1.54) is 25.3 Å². The fourth-order valence-electron chi connectivity index (χ4n) is 6.24. The van der Waals surface area contributed by atoms with Crippen LogP contribution >= 0.6 is 12.2 Å². The number of phenols is 2. The van der Waals surface area contributed by atoms with Crippen molar-refractivity contribution in [2.45, 2.75) is 69.4 Å². The van der Waals surface area contributed by atoms with Crippen molar-refractivity contribution in [3.8, 4) is 17.2 Å². The third-order valence-corrected chi connectivity index (χ3v) is 8.68. The second kappa shape index (κ2) is 12.0. The zero-order valence-corrected chi connectivity index (χ0v) is 25.1. The molecule has 0 radical (unpaired) electrons. The largest absolute Gasteiger partial charge is 0.507 e. The maximum absolute atomic E-state index is 13.8. The van der Waals surface area contributed by atoms with Gasteiger partial charge in [-0.3, -0.25) is 14.4 Å². The number of aliphatic hydroxyl groups is 3. The topological polar surface area (TPSA) is 204 Å². The van der Waals surface area contributed by atoms with Crippen LogP contribution in [0, 0.1) is 0 Å². The van der Waals surface area contributed by atoms with Crippen LogP contribution in [0.15, 0.2) is 18.2 Å². The molecule has 1 fully saturated rings. The highest BCUT2D eigenvalue weighted by atomic mass is 32.1. The van der Waals surface area contributed by atoms with Gasteiger partial charge in [-0.05, 0) is 32.1 Å². The fraction of sp³-hybridized carbons (Fsp3) is 0.467. The molecular formula is C30H34N2O11S. The zero-order valence-electron chi connectivity index (χ0n) is 24.2. The Bertz CT molecular complexity index is 1550. The highest BCUT2D eigenvalue weighted by Gasteiger charge is 2.50. The molecule has 0 unspecified atom stereocenters. The number of aliphatic hydroxyl groups excluding tert-OH is 2. The molecule has 2 aromatic rings. The highest BCUT2D eigenvalue weighted by Crippen LogP contribution is 2.52. The first-order valence-corrected chi connectivity index (χ1v) is 14.5. The van der Waals surface area contributed by atoms with Gasteiger partial charge in [-0.1, -0.05) is 12.1 Å². The van der Waals surface area contributed by atoms with Gasteiger partial charge < -0.3 is 50.4 Å². The van der Waals surface area contributed by atoms with Crippen LogP contribution in [0.5, 0.6) is 17.2 Å². The summed E-state index contributed by atoms with van der Waals surface area (Å²) < 4.78 is 17.4. The standard InChI is InChI=1S/C30H34N2O11S/c1-4-31-29(44)32-15-8-19(42-12(2)24(15)35)43-17-10-30(40,18(34)11-33)9-14-21(17)28(39)23-22(26(14)37)25(36)13-6-5-7-16(41-3)20(13)27(23)38/h5-7,12,15,17,19,24,33,35,37,39-40H,4,8-11H2,1-3H3,(H2,31,32,44)/t12-,15-,17-,19-,24+,30-/m0/s1. The molecule has 0 amide bonds. The quantitative estimate of drug-likeness (QED) is 0.141. The monoisotopic (exact) mass is 630 g/mol. The van der Waals surface area contributed by atoms with E-state index in [0.717, 1.165) is 0 Å². The normalized spacial score (nSPS) is 27.5. The number of fused-ring (bicyclic) bond motifs is 3. The van der Waals surface area contributed by atoms with Crippen molar-refractivity contribution >= 4 is 34.7 Å². The lowest BCUT2D eigenvalue weighted by Crippen LogP contribution is -2.57. The van der Waals surface area contributed by atoms with Gasteiger partial charge in [0.25, 0.3) is 0 Å². The smallest absolute Gasteiger partial charge is 0.202 e. The minimum Gasteiger partial charge on any atom is -0.507 e. The van der Waals surface area contributed by atoms with Gasteiger partial charge in [0, 0.05) is 42.5 Å². The molecule has 14 heteroatoms. The number of ether oxygens (including phenoxy) is 3. The van der Waals surface area contributed by atoms with Crippen molar-refractivity contribution in [3.63, 3.8) is 0 Å². The Kier molecular flexibility index (Phi) is 8.68. The van der Waals surface area contributed by atoms with Crippen LogP contribution in [-0.2, 0) is 20.7 Å². The molecule has 0 aromatic heterocycles. The molecule has 7 N–H and O–H groups in total. The summed E-state index contributed by atoms with van der Waals surface area (Å²) in [7, 11) is 1.32. The van der Waals surface area contributed by atoms with Crippen molar-refractivity contribution in [1.29, 1.82) is 0 Å². The average Bonchev–Trinajstić information content (AvgIpc) is 2.99. The Morgan fingerprint density at radius 1 is 1.16 bits per heavy atom. The Balaban J connectivity index is 1.61. The van der Waals surface area contributed by atoms with E-state index in [9.17, 15) is 39.9 Å². The number of carbonyl (C=O) groups is 3. The summed E-state index contributed by atoms with van der Waals surface area (Å²) in [6, 6.07) is 3.74. The van der Waals surface area contributed by atoms with Crippen LogP contribution in [-0.4, -0.2) is 98.4 Å². The van der Waals surface area contributed by atoms with Crippen LogP contribution in [0.25, 0.3) is 0 Å². The summed E-state index contributed by atoms with van der Waals surface area (Å²) in [5.74, 6) is -3.81. The van der Waals surface area contributed by atoms with E-state index in [2.05, 4.69) is 10.6 Å². The molecular weight excluding hydrogens is 596 g/mol. The van der Waals surface area contributed by atoms with Gasteiger partial charge in [-0.25, -0.2) is 0 Å². The third kappa shape index (κ3) is 5.21. The first kappa shape index (κ1) is 31.8. The molecule has 6 atom stereocenters. The summed E-state index contributed by atoms with van der Waals surface area (Å²) >= 11 is 5.27. The predicted molar refractivity (Wildman–Crippen MR) is 157 cm³/mol. The number of phenolic OH excluding ortho intramolecular Hbond substituents is 2. The molecule has 0 bridgehead atoms. The van der Waals surface area contributed by atoms with Crippen molar-refractivity contribution in [1.82, 2.24) is 10.6 Å². The maximum atomic E-state index is 13.8. The van der Waals surface area contributed by atoms with Crippen molar-refractivity contribution in [2.75, 3.05) is 20.3 Å². The Labute approximate surface area is 257 Å². The van der Waals surface area contributed by atoms with E-state index >= 15 is 0 Å². The van der Waals surface area contributed by atoms with E-state index in [0.29, 0.717) is 11.7 Å². The number of ketones is 3. The molecule has 2 aromatic carbocycles. The number of rotatable bonds is 7. The van der Waals surface area contributed by atoms with Gasteiger partial charge in [0.05, 0.1) is 42.0 Å². The molecule has 0 spiro atoms. The molecule has 2 aliphatic carbocycles. The van der Waals surface area contributed by atoms with E-state index < -0.39 is 95.7 Å². The van der Waals surface area contributed by atoms with Gasteiger partial charge in [-0.2, -0.15) is 0 Å². The first-order chi connectivity index (χ1) is 20.9. The van der Waals surface area contributed by atoms with Crippen LogP contribution in [0.2, 0.25) is 0 Å². The maximum Gasteiger partial charge on any atom is 0.202 e. The number of hydrogen-bond acceptors (Lipinski definition) is 12. The Morgan fingerprint density at radius 3 is 2.52 bits per heavy atom. The number of hydrogen-bond donors (Lipinski definition) is 7. The molecule has 236 valence electrons. The van der Waals surface area contributed by atoms with E-state index in [1.807, 2.05) is 6.92 Å². The van der Waals surface area contributed by atoms with E-state index in [4.69, 9.17) is 26.4 Å². The second-order valence-electron chi connectivity index (χ2n) is 11.1. The third-order valence-electron chi connectivity index (χ3n) is 8.41. The fourth-order valence-corrected chi connectivity index (χ4v) is 6.53. The molecule has 44 heavy (non-hydrogen) atoms. The lowest BCUT2D eigenvalue weighted by atomic mass is 9.72. The predicted octanol–water partition coefficient (Wildman–Crippen LogP) is 0.527. The summed E-state index contributed by atoms with van der Waals surface area (Å²) in [5.41, 5.74) is -3.69. The van der Waals surface area contributed by atoms with Crippen molar-refractivity contribution in [2.24, 2.45) is 0 Å². The summed E-state index contributed by atoms with van der Waals surface area (Å²) in [6.07, 6.45) is -5.23. The SMILES string of the molecule is CCNC(=S)N[C@H]1C[C@H](O[C@H]2C[C@](O)(C(=O)CO)Cc3c(O)c4c(c(O)c32)C(=O)c2c(OC)cccc2C4=O)O[C@@H](C)[C@H]1O. The van der Waals surface area contributed by atoms with Crippen LogP contribution in [0.3, 0.4) is 0 Å². The first-order valence-electron chi connectivity index (χ1n) is 14.1. The van der Waals surface area contributed by atoms with Crippen LogP contribution in [0.4, 0.5) is 0 Å². The van der Waals surface area contributed by atoms with Crippen LogP contribution < -0.4 is 15.4 Å². The average molecular weight is 631 g/mol. The minimum atomic E-state index is -2.27. The summed E-state index contributed by atoms with van der Waals surface area (Å²) in [5, 5.41) is 61.1. The number of aromatic hydroxyl groups is 2. The second-order valence-corrected chi connectivity index (χ2v) is 11.5. The summed E-state index contributed by atoms with van der Waals surface area (Å²) in [4.78, 5) is 40.2. The number of nitrogens with one attached hydrogen (secondary N) is 2. The molecule has 5 rings (SSSR count). The molecule has 0 saturated carbocycles. The number of benzene rings is 2. The van der Waals surface area contributed by atoms with Gasteiger partial charge in [-0.15, -0.1) is 0 Å². The van der Waals surface area contributed by atoms with Gasteiger partial charge in [0.1, 0.15) is 35.6 Å². The molecule has 1 saturated heterocycles. The number of Topliss-reactive ketones (excluding diaryl/α,β-unsaturated/α-hetero) is 1. The van der Waals surface area contributed by atoms with Gasteiger partial charge in [0.15, 0.2) is 23.0 Å². The molecule has 1 aliphatic heterocycles. The number of thiocarbonyl (C=S) groups is 1. The van der Waals surface area contributed by atoms with E-state index in [1.54, 1.807) is 6.92 Å².